The number of hydrogen-bond acceptors (Lipinski definition) is 1. The van der Waals surface area contributed by atoms with Crippen LogP contribution < -0.4 is 4.90 Å². The highest BCUT2D eigenvalue weighted by Gasteiger charge is 2.36. The van der Waals surface area contributed by atoms with E-state index in [0.29, 0.717) is 0 Å². The second kappa shape index (κ2) is 10.4. The molecule has 0 N–H and O–H groups in total. The van der Waals surface area contributed by atoms with Gasteiger partial charge in [-0.2, -0.15) is 0 Å². The van der Waals surface area contributed by atoms with Gasteiger partial charge in [0, 0.05) is 22.4 Å². The molecule has 0 bridgehead atoms. The van der Waals surface area contributed by atoms with Crippen molar-refractivity contribution < 1.29 is 0 Å². The second-order valence-electron chi connectivity index (χ2n) is 13.5. The Morgan fingerprint density at radius 3 is 1.79 bits per heavy atom. The summed E-state index contributed by atoms with van der Waals surface area (Å²) in [6, 6.07) is 58.4. The van der Waals surface area contributed by atoms with Gasteiger partial charge in [0.25, 0.3) is 0 Å². The molecule has 1 aliphatic carbocycles. The molecule has 1 aliphatic rings. The summed E-state index contributed by atoms with van der Waals surface area (Å²) in [6.45, 7) is 6.92. The normalized spacial score (nSPS) is 13.2. The van der Waals surface area contributed by atoms with Crippen LogP contribution >= 0.6 is 0 Å². The topological polar surface area (TPSA) is 3.24 Å². The van der Waals surface area contributed by atoms with Gasteiger partial charge in [-0.25, -0.2) is 0 Å². The molecule has 1 nitrogen and oxygen atoms in total. The maximum atomic E-state index is 2.47. The lowest BCUT2D eigenvalue weighted by Gasteiger charge is -2.30. The number of benzene rings is 8. The van der Waals surface area contributed by atoms with Crippen LogP contribution in [-0.2, 0) is 5.41 Å². The van der Waals surface area contributed by atoms with Crippen molar-refractivity contribution in [3.05, 3.63) is 174 Å². The predicted octanol–water partition coefficient (Wildman–Crippen LogP) is 12.9. The zero-order valence-corrected chi connectivity index (χ0v) is 27.0. The van der Waals surface area contributed by atoms with Gasteiger partial charge in [-0.15, -0.1) is 0 Å². The molecule has 8 aromatic rings. The summed E-state index contributed by atoms with van der Waals surface area (Å²) >= 11 is 0. The van der Waals surface area contributed by atoms with Crippen LogP contribution in [0, 0.1) is 6.92 Å². The average Bonchev–Trinajstić information content (AvgIpc) is 3.32. The van der Waals surface area contributed by atoms with Gasteiger partial charge in [-0.1, -0.05) is 135 Å². The molecule has 0 fully saturated rings. The number of rotatable bonds is 4. The van der Waals surface area contributed by atoms with E-state index >= 15 is 0 Å². The molecule has 0 amide bonds. The molecule has 0 atom stereocenters. The molecule has 1 heteroatoms. The number of aryl methyl sites for hydroxylation is 1. The standard InChI is InChI=1S/C46H35N/c1-30-19-22-35(23-20-30)47(36-24-25-39-41-27-33-13-4-5-14-34(33)28-42(41)46(2,3)43(39)29-36)44-26-21-32-12-7-9-17-38(32)45(44)40-18-10-15-31-11-6-8-16-37(31)40/h4-29H,1-3H3. The molecule has 8 aromatic carbocycles. The molecule has 0 heterocycles. The van der Waals surface area contributed by atoms with Crippen molar-refractivity contribution in [3.8, 4) is 22.3 Å². The lowest BCUT2D eigenvalue weighted by Crippen LogP contribution is -2.17. The molecular formula is C46H35N. The molecule has 0 aromatic heterocycles. The minimum Gasteiger partial charge on any atom is -0.310 e. The predicted molar refractivity (Wildman–Crippen MR) is 201 cm³/mol. The summed E-state index contributed by atoms with van der Waals surface area (Å²) in [7, 11) is 0. The molecule has 0 saturated heterocycles. The highest BCUT2D eigenvalue weighted by atomic mass is 15.1. The second-order valence-corrected chi connectivity index (χ2v) is 13.5. The fourth-order valence-corrected chi connectivity index (χ4v) is 7.84. The van der Waals surface area contributed by atoms with Gasteiger partial charge in [0.2, 0.25) is 0 Å². The Balaban J connectivity index is 1.32. The van der Waals surface area contributed by atoms with Crippen LogP contribution in [0.15, 0.2) is 158 Å². The first kappa shape index (κ1) is 27.6. The first-order valence-corrected chi connectivity index (χ1v) is 16.5. The zero-order valence-electron chi connectivity index (χ0n) is 27.0. The smallest absolute Gasteiger partial charge is 0.0546 e. The third-order valence-corrected chi connectivity index (χ3v) is 10.3. The number of fused-ring (bicyclic) bond motifs is 6. The van der Waals surface area contributed by atoms with Gasteiger partial charge in [-0.3, -0.25) is 0 Å². The summed E-state index contributed by atoms with van der Waals surface area (Å²) in [5.74, 6) is 0. The molecule has 0 saturated carbocycles. The molecular weight excluding hydrogens is 567 g/mol. The Bertz CT molecular complexity index is 2490. The fraction of sp³-hybridized carbons (Fsp3) is 0.0870. The average molecular weight is 602 g/mol. The maximum Gasteiger partial charge on any atom is 0.0546 e. The van der Waals surface area contributed by atoms with Crippen LogP contribution in [0.5, 0.6) is 0 Å². The van der Waals surface area contributed by atoms with E-state index in [-0.39, 0.29) is 5.41 Å². The van der Waals surface area contributed by atoms with Crippen LogP contribution in [0.1, 0.15) is 30.5 Å². The van der Waals surface area contributed by atoms with Crippen molar-refractivity contribution in [2.75, 3.05) is 4.90 Å². The molecule has 9 rings (SSSR count). The van der Waals surface area contributed by atoms with Gasteiger partial charge < -0.3 is 4.90 Å². The SMILES string of the molecule is Cc1ccc(N(c2ccc3c(c2)C(C)(C)c2cc4ccccc4cc2-3)c2ccc3ccccc3c2-c2cccc3ccccc23)cc1. The van der Waals surface area contributed by atoms with Crippen molar-refractivity contribution in [2.45, 2.75) is 26.2 Å². The summed E-state index contributed by atoms with van der Waals surface area (Å²) in [5.41, 5.74) is 12.5. The van der Waals surface area contributed by atoms with E-state index < -0.39 is 0 Å². The van der Waals surface area contributed by atoms with Gasteiger partial charge in [-0.05, 0) is 110 Å². The highest BCUT2D eigenvalue weighted by Crippen LogP contribution is 2.53. The van der Waals surface area contributed by atoms with Gasteiger partial charge in [0.15, 0.2) is 0 Å². The van der Waals surface area contributed by atoms with Crippen LogP contribution in [0.25, 0.3) is 54.6 Å². The summed E-state index contributed by atoms with van der Waals surface area (Å²) in [4.78, 5) is 2.47. The van der Waals surface area contributed by atoms with Gasteiger partial charge in [0.05, 0.1) is 5.69 Å². The van der Waals surface area contributed by atoms with Crippen LogP contribution in [0.3, 0.4) is 0 Å². The number of hydrogen-bond donors (Lipinski definition) is 0. The monoisotopic (exact) mass is 601 g/mol. The highest BCUT2D eigenvalue weighted by molar-refractivity contribution is 6.11. The van der Waals surface area contributed by atoms with E-state index in [2.05, 4.69) is 183 Å². The van der Waals surface area contributed by atoms with E-state index in [4.69, 9.17) is 0 Å². The van der Waals surface area contributed by atoms with Crippen molar-refractivity contribution in [1.82, 2.24) is 0 Å². The molecule has 0 aliphatic heterocycles. The Morgan fingerprint density at radius 2 is 1.02 bits per heavy atom. The third-order valence-electron chi connectivity index (χ3n) is 10.3. The largest absolute Gasteiger partial charge is 0.310 e. The van der Waals surface area contributed by atoms with E-state index in [0.717, 1.165) is 11.4 Å². The van der Waals surface area contributed by atoms with Crippen molar-refractivity contribution >= 4 is 49.4 Å². The Morgan fingerprint density at radius 1 is 0.426 bits per heavy atom. The maximum absolute atomic E-state index is 2.47. The third kappa shape index (κ3) is 4.31. The van der Waals surface area contributed by atoms with E-state index in [1.54, 1.807) is 0 Å². The van der Waals surface area contributed by atoms with E-state index in [1.165, 1.54) is 76.9 Å². The first-order chi connectivity index (χ1) is 23.0. The zero-order chi connectivity index (χ0) is 31.7. The number of nitrogens with zero attached hydrogens (tertiary/aromatic N) is 1. The fourth-order valence-electron chi connectivity index (χ4n) is 7.84. The lowest BCUT2D eigenvalue weighted by molar-refractivity contribution is 0.661. The summed E-state index contributed by atoms with van der Waals surface area (Å²) in [5, 5.41) is 7.57. The first-order valence-electron chi connectivity index (χ1n) is 16.5. The summed E-state index contributed by atoms with van der Waals surface area (Å²) in [6.07, 6.45) is 0. The molecule has 0 unspecified atom stereocenters. The minimum absolute atomic E-state index is 0.133. The Labute approximate surface area is 276 Å². The molecule has 47 heavy (non-hydrogen) atoms. The van der Waals surface area contributed by atoms with Crippen LogP contribution in [0.2, 0.25) is 0 Å². The van der Waals surface area contributed by atoms with Gasteiger partial charge >= 0.3 is 0 Å². The van der Waals surface area contributed by atoms with Gasteiger partial charge in [0.1, 0.15) is 0 Å². The van der Waals surface area contributed by atoms with Crippen molar-refractivity contribution in [2.24, 2.45) is 0 Å². The molecule has 224 valence electrons. The van der Waals surface area contributed by atoms with E-state index in [9.17, 15) is 0 Å². The number of anilines is 3. The van der Waals surface area contributed by atoms with Crippen molar-refractivity contribution in [1.29, 1.82) is 0 Å². The van der Waals surface area contributed by atoms with Crippen LogP contribution in [0.4, 0.5) is 17.1 Å². The quantitative estimate of drug-likeness (QED) is 0.194. The summed E-state index contributed by atoms with van der Waals surface area (Å²) < 4.78 is 0. The van der Waals surface area contributed by atoms with E-state index in [1.807, 2.05) is 0 Å². The Kier molecular flexibility index (Phi) is 6.14. The lowest BCUT2D eigenvalue weighted by atomic mass is 9.81. The van der Waals surface area contributed by atoms with Crippen molar-refractivity contribution in [3.63, 3.8) is 0 Å². The minimum atomic E-state index is -0.133. The Hall–Kier alpha value is -5.66. The molecule has 0 spiro atoms. The molecule has 0 radical (unpaired) electrons. The van der Waals surface area contributed by atoms with Crippen LogP contribution in [-0.4, -0.2) is 0 Å².